The Morgan fingerprint density at radius 2 is 1.72 bits per heavy atom. The zero-order valence-electron chi connectivity index (χ0n) is 10.6. The van der Waals surface area contributed by atoms with Crippen LogP contribution in [0, 0.1) is 0 Å². The number of fused-ring (bicyclic) bond motifs is 1. The van der Waals surface area contributed by atoms with Gasteiger partial charge >= 0.3 is 0 Å². The molecule has 0 atom stereocenters. The Labute approximate surface area is 113 Å². The summed E-state index contributed by atoms with van der Waals surface area (Å²) in [5.74, 6) is 0. The Morgan fingerprint density at radius 1 is 1.00 bits per heavy atom. The van der Waals surface area contributed by atoms with Crippen LogP contribution in [-0.2, 0) is 6.54 Å². The van der Waals surface area contributed by atoms with Crippen molar-refractivity contribution in [2.75, 3.05) is 0 Å². The van der Waals surface area contributed by atoms with Crippen molar-refractivity contribution in [2.45, 2.75) is 42.4 Å². The van der Waals surface area contributed by atoms with E-state index < -0.39 is 0 Å². The van der Waals surface area contributed by atoms with E-state index in [9.17, 15) is 0 Å². The van der Waals surface area contributed by atoms with Crippen LogP contribution in [0.15, 0.2) is 41.3 Å². The van der Waals surface area contributed by atoms with Gasteiger partial charge < -0.3 is 5.73 Å². The van der Waals surface area contributed by atoms with E-state index in [0.29, 0.717) is 6.54 Å². The third-order valence-corrected chi connectivity index (χ3v) is 5.20. The van der Waals surface area contributed by atoms with Crippen LogP contribution in [0.1, 0.15) is 31.2 Å². The van der Waals surface area contributed by atoms with Crippen LogP contribution in [0.2, 0.25) is 0 Å². The predicted octanol–water partition coefficient (Wildman–Crippen LogP) is 4.33. The van der Waals surface area contributed by atoms with Crippen molar-refractivity contribution in [1.29, 1.82) is 0 Å². The molecule has 1 aliphatic rings. The molecule has 0 heterocycles. The number of hydrogen-bond donors (Lipinski definition) is 1. The van der Waals surface area contributed by atoms with Gasteiger partial charge in [0.2, 0.25) is 0 Å². The van der Waals surface area contributed by atoms with Gasteiger partial charge in [0.1, 0.15) is 0 Å². The summed E-state index contributed by atoms with van der Waals surface area (Å²) in [7, 11) is 0. The van der Waals surface area contributed by atoms with Gasteiger partial charge in [-0.3, -0.25) is 0 Å². The molecule has 0 spiro atoms. The summed E-state index contributed by atoms with van der Waals surface area (Å²) in [5.41, 5.74) is 7.07. The van der Waals surface area contributed by atoms with E-state index in [1.165, 1.54) is 46.9 Å². The molecule has 0 unspecified atom stereocenters. The van der Waals surface area contributed by atoms with Crippen LogP contribution in [0.5, 0.6) is 0 Å². The van der Waals surface area contributed by atoms with Crippen molar-refractivity contribution in [1.82, 2.24) is 0 Å². The molecule has 0 bridgehead atoms. The molecule has 0 radical (unpaired) electrons. The largest absolute Gasteiger partial charge is 0.326 e. The van der Waals surface area contributed by atoms with Crippen LogP contribution >= 0.6 is 11.8 Å². The van der Waals surface area contributed by atoms with Crippen LogP contribution in [0.3, 0.4) is 0 Å². The van der Waals surface area contributed by atoms with Crippen molar-refractivity contribution in [2.24, 2.45) is 5.73 Å². The molecule has 94 valence electrons. The van der Waals surface area contributed by atoms with Crippen molar-refractivity contribution in [3.8, 4) is 0 Å². The summed E-state index contributed by atoms with van der Waals surface area (Å²) < 4.78 is 0. The van der Waals surface area contributed by atoms with Crippen molar-refractivity contribution < 1.29 is 0 Å². The van der Waals surface area contributed by atoms with Gasteiger partial charge in [0.25, 0.3) is 0 Å². The maximum absolute atomic E-state index is 5.82. The number of nitrogens with two attached hydrogens (primary N) is 1. The van der Waals surface area contributed by atoms with Gasteiger partial charge in [0.05, 0.1) is 0 Å². The molecular formula is C16H19NS. The first-order valence-corrected chi connectivity index (χ1v) is 7.64. The molecule has 0 aromatic heterocycles. The van der Waals surface area contributed by atoms with E-state index in [1.807, 2.05) is 0 Å². The first-order chi connectivity index (χ1) is 8.88. The lowest BCUT2D eigenvalue weighted by atomic mass is 10.0. The highest BCUT2D eigenvalue weighted by Crippen LogP contribution is 2.38. The summed E-state index contributed by atoms with van der Waals surface area (Å²) in [6.07, 6.45) is 5.54. The number of hydrogen-bond acceptors (Lipinski definition) is 2. The van der Waals surface area contributed by atoms with Crippen molar-refractivity contribution in [3.63, 3.8) is 0 Å². The predicted molar refractivity (Wildman–Crippen MR) is 80.0 cm³/mol. The molecule has 2 N–H and O–H groups in total. The van der Waals surface area contributed by atoms with Crippen LogP contribution in [-0.4, -0.2) is 5.25 Å². The lowest BCUT2D eigenvalue weighted by Gasteiger charge is -2.13. The first-order valence-electron chi connectivity index (χ1n) is 6.76. The fraction of sp³-hybridized carbons (Fsp3) is 0.375. The summed E-state index contributed by atoms with van der Waals surface area (Å²) in [5, 5.41) is 3.51. The molecule has 0 amide bonds. The second-order valence-electron chi connectivity index (χ2n) is 5.00. The Kier molecular flexibility index (Phi) is 3.57. The minimum Gasteiger partial charge on any atom is -0.326 e. The maximum atomic E-state index is 5.82. The van der Waals surface area contributed by atoms with E-state index in [0.717, 1.165) is 5.25 Å². The van der Waals surface area contributed by atoms with Crippen LogP contribution in [0.4, 0.5) is 0 Å². The highest BCUT2D eigenvalue weighted by Gasteiger charge is 2.17. The Bertz CT molecular complexity index is 544. The molecule has 1 saturated carbocycles. The standard InChI is InChI=1S/C16H19NS/c17-11-12-9-10-16(18-13-5-1-2-6-13)15-8-4-3-7-14(12)15/h3-4,7-10,13H,1-2,5-6,11,17H2. The number of benzene rings is 2. The molecule has 18 heavy (non-hydrogen) atoms. The molecule has 0 saturated heterocycles. The average Bonchev–Trinajstić information content (AvgIpc) is 2.92. The lowest BCUT2D eigenvalue weighted by molar-refractivity contribution is 0.886. The quantitative estimate of drug-likeness (QED) is 0.885. The highest BCUT2D eigenvalue weighted by atomic mass is 32.2. The zero-order valence-corrected chi connectivity index (χ0v) is 11.4. The maximum Gasteiger partial charge on any atom is 0.0184 e. The fourth-order valence-corrected chi connectivity index (χ4v) is 4.18. The second kappa shape index (κ2) is 5.33. The van der Waals surface area contributed by atoms with E-state index in [4.69, 9.17) is 5.73 Å². The average molecular weight is 257 g/mol. The normalized spacial score (nSPS) is 16.5. The third-order valence-electron chi connectivity index (χ3n) is 3.79. The SMILES string of the molecule is NCc1ccc(SC2CCCC2)c2ccccc12. The Morgan fingerprint density at radius 3 is 2.44 bits per heavy atom. The van der Waals surface area contributed by atoms with Crippen molar-refractivity contribution >= 4 is 22.5 Å². The molecule has 1 fully saturated rings. The van der Waals surface area contributed by atoms with Crippen LogP contribution < -0.4 is 5.73 Å². The molecule has 3 rings (SSSR count). The molecule has 2 heteroatoms. The van der Waals surface area contributed by atoms with Gasteiger partial charge in [-0.2, -0.15) is 0 Å². The van der Waals surface area contributed by atoms with Gasteiger partial charge in [-0.1, -0.05) is 43.2 Å². The molecular weight excluding hydrogens is 238 g/mol. The van der Waals surface area contributed by atoms with E-state index in [1.54, 1.807) is 0 Å². The zero-order chi connectivity index (χ0) is 12.4. The molecule has 1 nitrogen and oxygen atoms in total. The molecule has 2 aromatic rings. The smallest absolute Gasteiger partial charge is 0.0184 e. The number of thioether (sulfide) groups is 1. The summed E-state index contributed by atoms with van der Waals surface area (Å²) in [6.45, 7) is 0.620. The van der Waals surface area contributed by atoms with Gasteiger partial charge in [-0.15, -0.1) is 11.8 Å². The Balaban J connectivity index is 2.01. The summed E-state index contributed by atoms with van der Waals surface area (Å²) in [4.78, 5) is 1.43. The monoisotopic (exact) mass is 257 g/mol. The lowest BCUT2D eigenvalue weighted by Crippen LogP contribution is -1.99. The Hall–Kier alpha value is -0.990. The second-order valence-corrected chi connectivity index (χ2v) is 6.34. The van der Waals surface area contributed by atoms with Crippen LogP contribution in [0.25, 0.3) is 10.8 Å². The summed E-state index contributed by atoms with van der Waals surface area (Å²) >= 11 is 2.06. The van der Waals surface area contributed by atoms with Gasteiger partial charge in [0.15, 0.2) is 0 Å². The molecule has 1 aliphatic carbocycles. The minimum absolute atomic E-state index is 0.620. The first kappa shape index (κ1) is 12.1. The molecule has 0 aliphatic heterocycles. The fourth-order valence-electron chi connectivity index (χ4n) is 2.80. The van der Waals surface area contributed by atoms with E-state index in [-0.39, 0.29) is 0 Å². The van der Waals surface area contributed by atoms with Gasteiger partial charge in [-0.25, -0.2) is 0 Å². The topological polar surface area (TPSA) is 26.0 Å². The van der Waals surface area contributed by atoms with E-state index in [2.05, 4.69) is 48.2 Å². The van der Waals surface area contributed by atoms with Gasteiger partial charge in [-0.05, 0) is 35.2 Å². The number of rotatable bonds is 3. The van der Waals surface area contributed by atoms with Crippen molar-refractivity contribution in [3.05, 3.63) is 42.0 Å². The third kappa shape index (κ3) is 2.27. The highest BCUT2D eigenvalue weighted by molar-refractivity contribution is 8.00. The minimum atomic E-state index is 0.620. The van der Waals surface area contributed by atoms with E-state index >= 15 is 0 Å². The summed E-state index contributed by atoms with van der Waals surface area (Å²) in [6, 6.07) is 13.1. The van der Waals surface area contributed by atoms with Gasteiger partial charge in [0, 0.05) is 16.7 Å². The molecule has 2 aromatic carbocycles.